The maximum Gasteiger partial charge on any atom is 0.119 e. The summed E-state index contributed by atoms with van der Waals surface area (Å²) >= 11 is 3.54. The lowest BCUT2D eigenvalue weighted by Gasteiger charge is -2.16. The Morgan fingerprint density at radius 3 is 3.00 bits per heavy atom. The van der Waals surface area contributed by atoms with Crippen LogP contribution in [-0.4, -0.2) is 18.8 Å². The third kappa shape index (κ3) is 2.92. The van der Waals surface area contributed by atoms with Crippen LogP contribution in [0.15, 0.2) is 40.9 Å². The van der Waals surface area contributed by atoms with Gasteiger partial charge < -0.3 is 15.2 Å². The zero-order valence-corrected chi connectivity index (χ0v) is 13.5. The van der Waals surface area contributed by atoms with Gasteiger partial charge in [-0.05, 0) is 35.7 Å². The van der Waals surface area contributed by atoms with Gasteiger partial charge in [-0.25, -0.2) is 0 Å². The zero-order chi connectivity index (χ0) is 14.8. The quantitative estimate of drug-likeness (QED) is 0.885. The smallest absolute Gasteiger partial charge is 0.119 e. The lowest BCUT2D eigenvalue weighted by molar-refractivity contribution is 0.179. The number of fused-ring (bicyclic) bond motifs is 1. The third-order valence-electron chi connectivity index (χ3n) is 3.90. The predicted molar refractivity (Wildman–Crippen MR) is 88.0 cm³/mol. The van der Waals surface area contributed by atoms with Crippen LogP contribution in [0.5, 0.6) is 5.75 Å². The molecule has 0 fully saturated rings. The molecule has 0 aliphatic carbocycles. The molecule has 3 nitrogen and oxygen atoms in total. The van der Waals surface area contributed by atoms with Gasteiger partial charge >= 0.3 is 0 Å². The van der Waals surface area contributed by atoms with E-state index < -0.39 is 6.10 Å². The highest BCUT2D eigenvalue weighted by Crippen LogP contribution is 2.34. The second kappa shape index (κ2) is 6.08. The first-order valence-electron chi connectivity index (χ1n) is 7.05. The maximum absolute atomic E-state index is 10.6. The van der Waals surface area contributed by atoms with Crippen molar-refractivity contribution in [2.75, 3.05) is 19.0 Å². The molecule has 0 amide bonds. The fourth-order valence-electron chi connectivity index (χ4n) is 2.80. The van der Waals surface area contributed by atoms with Crippen LogP contribution < -0.4 is 10.1 Å². The van der Waals surface area contributed by atoms with E-state index >= 15 is 0 Å². The molecule has 21 heavy (non-hydrogen) atoms. The molecule has 0 radical (unpaired) electrons. The van der Waals surface area contributed by atoms with Crippen LogP contribution in [0.4, 0.5) is 5.69 Å². The maximum atomic E-state index is 10.6. The number of benzene rings is 2. The summed E-state index contributed by atoms with van der Waals surface area (Å²) in [6, 6.07) is 12.0. The van der Waals surface area contributed by atoms with E-state index in [1.807, 2.05) is 30.3 Å². The Bertz CT molecular complexity index is 657. The molecule has 1 heterocycles. The van der Waals surface area contributed by atoms with Crippen molar-refractivity contribution in [2.24, 2.45) is 0 Å². The van der Waals surface area contributed by atoms with Gasteiger partial charge in [0.1, 0.15) is 5.75 Å². The summed E-state index contributed by atoms with van der Waals surface area (Å²) in [4.78, 5) is 0. The number of methoxy groups -OCH3 is 1. The standard InChI is InChI=1S/C17H18BrNO2/c1-21-13-5-6-15(18)12(9-13)10-16(20)14-4-2-3-11-7-8-19-17(11)14/h2-6,9,16,19-20H,7-8,10H2,1H3. The van der Waals surface area contributed by atoms with Crippen LogP contribution in [0.3, 0.4) is 0 Å². The van der Waals surface area contributed by atoms with E-state index in [9.17, 15) is 5.11 Å². The van der Waals surface area contributed by atoms with E-state index in [1.165, 1.54) is 5.56 Å². The first-order valence-corrected chi connectivity index (χ1v) is 7.84. The molecule has 1 aliphatic rings. The van der Waals surface area contributed by atoms with Crippen molar-refractivity contribution in [1.29, 1.82) is 0 Å². The van der Waals surface area contributed by atoms with Crippen molar-refractivity contribution in [2.45, 2.75) is 18.9 Å². The van der Waals surface area contributed by atoms with E-state index in [4.69, 9.17) is 4.74 Å². The summed E-state index contributed by atoms with van der Waals surface area (Å²) in [5, 5.41) is 14.0. The van der Waals surface area contributed by atoms with Gasteiger partial charge in [0, 0.05) is 28.7 Å². The Morgan fingerprint density at radius 1 is 1.33 bits per heavy atom. The van der Waals surface area contributed by atoms with Crippen molar-refractivity contribution >= 4 is 21.6 Å². The number of halogens is 1. The molecule has 0 saturated carbocycles. The Hall–Kier alpha value is -1.52. The van der Waals surface area contributed by atoms with Gasteiger partial charge in [0.2, 0.25) is 0 Å². The fraction of sp³-hybridized carbons (Fsp3) is 0.294. The predicted octanol–water partition coefficient (Wildman–Crippen LogP) is 3.70. The van der Waals surface area contributed by atoms with Crippen molar-refractivity contribution in [3.63, 3.8) is 0 Å². The first kappa shape index (κ1) is 14.4. The number of rotatable bonds is 4. The molecule has 1 aliphatic heterocycles. The number of aliphatic hydroxyl groups excluding tert-OH is 1. The lowest BCUT2D eigenvalue weighted by Crippen LogP contribution is -2.06. The molecule has 0 saturated heterocycles. The fourth-order valence-corrected chi connectivity index (χ4v) is 3.21. The molecule has 0 spiro atoms. The van der Waals surface area contributed by atoms with Gasteiger partial charge in [0.25, 0.3) is 0 Å². The third-order valence-corrected chi connectivity index (χ3v) is 4.68. The largest absolute Gasteiger partial charge is 0.497 e. The summed E-state index contributed by atoms with van der Waals surface area (Å²) in [6.07, 6.45) is 1.04. The molecule has 110 valence electrons. The summed E-state index contributed by atoms with van der Waals surface area (Å²) in [5.74, 6) is 0.803. The van der Waals surface area contributed by atoms with E-state index in [-0.39, 0.29) is 0 Å². The number of aliphatic hydroxyl groups is 1. The molecule has 1 atom stereocenters. The Labute approximate surface area is 133 Å². The van der Waals surface area contributed by atoms with Gasteiger partial charge in [0.15, 0.2) is 0 Å². The number of hydrogen-bond acceptors (Lipinski definition) is 3. The molecule has 2 N–H and O–H groups in total. The minimum atomic E-state index is -0.533. The summed E-state index contributed by atoms with van der Waals surface area (Å²) in [5.41, 5.74) is 4.40. The number of hydrogen-bond donors (Lipinski definition) is 2. The average Bonchev–Trinajstić information content (AvgIpc) is 2.97. The molecule has 1 unspecified atom stereocenters. The van der Waals surface area contributed by atoms with Crippen molar-refractivity contribution in [3.8, 4) is 5.75 Å². The monoisotopic (exact) mass is 347 g/mol. The van der Waals surface area contributed by atoms with Crippen LogP contribution in [-0.2, 0) is 12.8 Å². The highest BCUT2D eigenvalue weighted by Gasteiger charge is 2.19. The SMILES string of the molecule is COc1ccc(Br)c(CC(O)c2cccc3c2NCC3)c1. The van der Waals surface area contributed by atoms with Gasteiger partial charge in [-0.2, -0.15) is 0 Å². The van der Waals surface area contributed by atoms with Crippen molar-refractivity contribution in [3.05, 3.63) is 57.6 Å². The topological polar surface area (TPSA) is 41.5 Å². The van der Waals surface area contributed by atoms with Gasteiger partial charge in [0.05, 0.1) is 13.2 Å². The molecule has 4 heteroatoms. The number of anilines is 1. The van der Waals surface area contributed by atoms with Crippen LogP contribution in [0.1, 0.15) is 22.8 Å². The number of ether oxygens (including phenoxy) is 1. The molecule has 0 bridgehead atoms. The van der Waals surface area contributed by atoms with E-state index in [0.717, 1.165) is 40.0 Å². The highest BCUT2D eigenvalue weighted by molar-refractivity contribution is 9.10. The van der Waals surface area contributed by atoms with Crippen molar-refractivity contribution < 1.29 is 9.84 Å². The van der Waals surface area contributed by atoms with Crippen LogP contribution in [0.2, 0.25) is 0 Å². The van der Waals surface area contributed by atoms with Crippen molar-refractivity contribution in [1.82, 2.24) is 0 Å². The second-order valence-corrected chi connectivity index (χ2v) is 6.09. The summed E-state index contributed by atoms with van der Waals surface area (Å²) < 4.78 is 6.25. The number of para-hydroxylation sites is 1. The molecule has 2 aromatic rings. The second-order valence-electron chi connectivity index (χ2n) is 5.24. The van der Waals surface area contributed by atoms with Crippen LogP contribution in [0.25, 0.3) is 0 Å². The minimum Gasteiger partial charge on any atom is -0.497 e. The van der Waals surface area contributed by atoms with Gasteiger partial charge in [-0.15, -0.1) is 0 Å². The summed E-state index contributed by atoms with van der Waals surface area (Å²) in [6.45, 7) is 0.946. The Kier molecular flexibility index (Phi) is 4.17. The molecule has 0 aromatic heterocycles. The Balaban J connectivity index is 1.87. The molecule has 2 aromatic carbocycles. The highest BCUT2D eigenvalue weighted by atomic mass is 79.9. The lowest BCUT2D eigenvalue weighted by atomic mass is 9.98. The number of nitrogens with one attached hydrogen (secondary N) is 1. The van der Waals surface area contributed by atoms with Gasteiger partial charge in [-0.3, -0.25) is 0 Å². The minimum absolute atomic E-state index is 0.533. The van der Waals surface area contributed by atoms with E-state index in [1.54, 1.807) is 7.11 Å². The van der Waals surface area contributed by atoms with E-state index in [0.29, 0.717) is 6.42 Å². The van der Waals surface area contributed by atoms with E-state index in [2.05, 4.69) is 27.3 Å². The van der Waals surface area contributed by atoms with Crippen LogP contribution in [0, 0.1) is 0 Å². The molecule has 3 rings (SSSR count). The van der Waals surface area contributed by atoms with Crippen LogP contribution >= 0.6 is 15.9 Å². The summed E-state index contributed by atoms with van der Waals surface area (Å²) in [7, 11) is 1.65. The zero-order valence-electron chi connectivity index (χ0n) is 11.9. The normalized spacial score (nSPS) is 14.4. The van der Waals surface area contributed by atoms with Gasteiger partial charge in [-0.1, -0.05) is 34.1 Å². The first-order chi connectivity index (χ1) is 10.2. The molecular formula is C17H18BrNO2. The average molecular weight is 348 g/mol. The molecular weight excluding hydrogens is 330 g/mol. The Morgan fingerprint density at radius 2 is 2.19 bits per heavy atom.